The van der Waals surface area contributed by atoms with Gasteiger partial charge in [-0.2, -0.15) is 13.2 Å². The number of carbonyl (C=O) groups is 1. The summed E-state index contributed by atoms with van der Waals surface area (Å²) in [5.74, 6) is -1.67. The van der Waals surface area contributed by atoms with Crippen LogP contribution in [0, 0.1) is 0 Å². The zero-order valence-electron chi connectivity index (χ0n) is 8.30. The molecule has 0 rings (SSSR count). The monoisotopic (exact) mass is 226 g/mol. The lowest BCUT2D eigenvalue weighted by Gasteiger charge is -2.27. The summed E-state index contributed by atoms with van der Waals surface area (Å²) in [4.78, 5) is 11.0. The van der Waals surface area contributed by atoms with Gasteiger partial charge in [0.2, 0.25) is 0 Å². The third kappa shape index (κ3) is 3.23. The molecule has 0 aliphatic heterocycles. The molecule has 88 valence electrons. The van der Waals surface area contributed by atoms with Gasteiger partial charge in [0.25, 0.3) is 5.60 Å². The first-order chi connectivity index (χ1) is 6.79. The Morgan fingerprint density at radius 2 is 2.07 bits per heavy atom. The van der Waals surface area contributed by atoms with Crippen LogP contribution in [-0.2, 0) is 9.53 Å². The van der Waals surface area contributed by atoms with Crippen LogP contribution in [0.2, 0.25) is 0 Å². The molecule has 1 unspecified atom stereocenters. The van der Waals surface area contributed by atoms with E-state index in [0.717, 1.165) is 0 Å². The molecule has 0 spiro atoms. The zero-order valence-corrected chi connectivity index (χ0v) is 8.30. The van der Waals surface area contributed by atoms with Gasteiger partial charge >= 0.3 is 12.1 Å². The fraction of sp³-hybridized carbons (Fsp3) is 0.667. The van der Waals surface area contributed by atoms with E-state index in [2.05, 4.69) is 11.3 Å². The van der Waals surface area contributed by atoms with Gasteiger partial charge in [-0.1, -0.05) is 6.08 Å². The second-order valence-electron chi connectivity index (χ2n) is 2.91. The lowest BCUT2D eigenvalue weighted by molar-refractivity contribution is -0.264. The summed E-state index contributed by atoms with van der Waals surface area (Å²) >= 11 is 0. The van der Waals surface area contributed by atoms with E-state index in [-0.39, 0.29) is 13.0 Å². The molecular weight excluding hydrogens is 213 g/mol. The maximum atomic E-state index is 12.4. The minimum absolute atomic E-state index is 0.130. The summed E-state index contributed by atoms with van der Waals surface area (Å²) in [6.45, 7) is 4.37. The van der Waals surface area contributed by atoms with Crippen molar-refractivity contribution in [3.05, 3.63) is 12.7 Å². The Labute approximate surface area is 85.5 Å². The highest BCUT2D eigenvalue weighted by Crippen LogP contribution is 2.35. The van der Waals surface area contributed by atoms with Gasteiger partial charge in [-0.25, -0.2) is 4.79 Å². The molecule has 0 aromatic carbocycles. The van der Waals surface area contributed by atoms with Crippen molar-refractivity contribution in [3.8, 4) is 0 Å². The van der Waals surface area contributed by atoms with Gasteiger partial charge in [0.15, 0.2) is 0 Å². The Balaban J connectivity index is 4.84. The molecule has 1 N–H and O–H groups in total. The minimum atomic E-state index is -5.04. The van der Waals surface area contributed by atoms with Crippen molar-refractivity contribution in [2.75, 3.05) is 6.61 Å². The summed E-state index contributed by atoms with van der Waals surface area (Å²) in [5, 5.41) is 9.23. The van der Waals surface area contributed by atoms with Crippen molar-refractivity contribution in [2.24, 2.45) is 0 Å². The number of rotatable bonds is 5. The van der Waals surface area contributed by atoms with Gasteiger partial charge in [0.1, 0.15) is 0 Å². The van der Waals surface area contributed by atoms with Crippen LogP contribution in [0.25, 0.3) is 0 Å². The Morgan fingerprint density at radius 3 is 2.40 bits per heavy atom. The van der Waals surface area contributed by atoms with E-state index in [1.54, 1.807) is 0 Å². The van der Waals surface area contributed by atoms with Crippen LogP contribution in [0.4, 0.5) is 13.2 Å². The molecule has 0 radical (unpaired) electrons. The lowest BCUT2D eigenvalue weighted by atomic mass is 9.97. The quantitative estimate of drug-likeness (QED) is 0.574. The fourth-order valence-corrected chi connectivity index (χ4v) is 0.921. The van der Waals surface area contributed by atoms with E-state index in [9.17, 15) is 23.1 Å². The molecule has 0 fully saturated rings. The molecule has 0 saturated heterocycles. The molecule has 0 heterocycles. The van der Waals surface area contributed by atoms with Crippen LogP contribution in [0.5, 0.6) is 0 Å². The fourth-order valence-electron chi connectivity index (χ4n) is 0.921. The molecule has 0 aromatic heterocycles. The van der Waals surface area contributed by atoms with E-state index in [1.165, 1.54) is 13.0 Å². The molecule has 0 bridgehead atoms. The highest BCUT2D eigenvalue weighted by Gasteiger charge is 2.60. The van der Waals surface area contributed by atoms with Gasteiger partial charge in [0.05, 0.1) is 6.61 Å². The summed E-state index contributed by atoms with van der Waals surface area (Å²) in [6, 6.07) is 0. The first-order valence-corrected chi connectivity index (χ1v) is 4.36. The van der Waals surface area contributed by atoms with Crippen LogP contribution in [0.1, 0.15) is 19.8 Å². The average molecular weight is 226 g/mol. The number of hydrogen-bond acceptors (Lipinski definition) is 3. The van der Waals surface area contributed by atoms with Crippen LogP contribution >= 0.6 is 0 Å². The van der Waals surface area contributed by atoms with E-state index in [0.29, 0.717) is 0 Å². The van der Waals surface area contributed by atoms with Crippen molar-refractivity contribution < 1.29 is 27.8 Å². The number of aliphatic hydroxyl groups is 1. The smallest absolute Gasteiger partial charge is 0.428 e. The largest absolute Gasteiger partial charge is 0.464 e. The molecule has 0 saturated carbocycles. The molecule has 3 nitrogen and oxygen atoms in total. The topological polar surface area (TPSA) is 46.5 Å². The summed E-state index contributed by atoms with van der Waals surface area (Å²) in [7, 11) is 0. The number of hydrogen-bond donors (Lipinski definition) is 1. The number of alkyl halides is 3. The van der Waals surface area contributed by atoms with Crippen molar-refractivity contribution in [2.45, 2.75) is 31.5 Å². The average Bonchev–Trinajstić information content (AvgIpc) is 2.12. The summed E-state index contributed by atoms with van der Waals surface area (Å²) in [5.41, 5.74) is -3.43. The normalized spacial score (nSPS) is 15.5. The highest BCUT2D eigenvalue weighted by atomic mass is 19.4. The first-order valence-electron chi connectivity index (χ1n) is 4.36. The minimum Gasteiger partial charge on any atom is -0.464 e. The van der Waals surface area contributed by atoms with Gasteiger partial charge in [-0.3, -0.25) is 0 Å². The first kappa shape index (κ1) is 14.0. The van der Waals surface area contributed by atoms with E-state index < -0.39 is 24.2 Å². The highest BCUT2D eigenvalue weighted by molar-refractivity contribution is 5.80. The summed E-state index contributed by atoms with van der Waals surface area (Å²) in [6.07, 6.45) is -4.76. The van der Waals surface area contributed by atoms with Crippen LogP contribution < -0.4 is 0 Å². The Bertz CT molecular complexity index is 237. The predicted molar refractivity (Wildman–Crippen MR) is 47.1 cm³/mol. The molecule has 1 atom stereocenters. The molecule has 15 heavy (non-hydrogen) atoms. The predicted octanol–water partition coefficient (Wildman–Crippen LogP) is 1.81. The number of esters is 1. The van der Waals surface area contributed by atoms with Crippen LogP contribution in [-0.4, -0.2) is 29.5 Å². The third-order valence-corrected chi connectivity index (χ3v) is 1.79. The molecule has 6 heteroatoms. The van der Waals surface area contributed by atoms with Gasteiger partial charge in [-0.15, -0.1) is 6.58 Å². The maximum absolute atomic E-state index is 12.4. The van der Waals surface area contributed by atoms with Crippen LogP contribution in [0.3, 0.4) is 0 Å². The van der Waals surface area contributed by atoms with E-state index >= 15 is 0 Å². The molecule has 0 aliphatic rings. The molecule has 0 amide bonds. The van der Waals surface area contributed by atoms with Crippen molar-refractivity contribution in [1.82, 2.24) is 0 Å². The maximum Gasteiger partial charge on any atom is 0.428 e. The van der Waals surface area contributed by atoms with Gasteiger partial charge < -0.3 is 9.84 Å². The summed E-state index contributed by atoms with van der Waals surface area (Å²) < 4.78 is 41.4. The Kier molecular flexibility index (Phi) is 4.80. The second kappa shape index (κ2) is 5.16. The van der Waals surface area contributed by atoms with Gasteiger partial charge in [0, 0.05) is 0 Å². The number of allylic oxidation sites excluding steroid dienone is 1. The standard InChI is InChI=1S/C9H13F3O3/c1-3-5-6-8(14,9(10,11)12)7(13)15-4-2/h3,14H,1,4-6H2,2H3. The van der Waals surface area contributed by atoms with Crippen molar-refractivity contribution in [1.29, 1.82) is 0 Å². The zero-order chi connectivity index (χ0) is 12.1. The molecule has 0 aromatic rings. The number of halogens is 3. The number of carbonyl (C=O) groups excluding carboxylic acids is 1. The second-order valence-corrected chi connectivity index (χ2v) is 2.91. The third-order valence-electron chi connectivity index (χ3n) is 1.79. The van der Waals surface area contributed by atoms with Crippen molar-refractivity contribution >= 4 is 5.97 Å². The van der Waals surface area contributed by atoms with E-state index in [1.807, 2.05) is 0 Å². The Morgan fingerprint density at radius 1 is 1.53 bits per heavy atom. The van der Waals surface area contributed by atoms with Crippen molar-refractivity contribution in [3.63, 3.8) is 0 Å². The SMILES string of the molecule is C=CCCC(O)(C(=O)OCC)C(F)(F)F. The van der Waals surface area contributed by atoms with E-state index in [4.69, 9.17) is 0 Å². The van der Waals surface area contributed by atoms with Gasteiger partial charge in [-0.05, 0) is 19.8 Å². The Hall–Kier alpha value is -1.04. The number of ether oxygens (including phenoxy) is 1. The van der Waals surface area contributed by atoms with Crippen LogP contribution in [0.15, 0.2) is 12.7 Å². The molecule has 0 aliphatic carbocycles. The molecular formula is C9H13F3O3. The lowest BCUT2D eigenvalue weighted by Crippen LogP contribution is -2.52.